The maximum atomic E-state index is 10.4. The van der Waals surface area contributed by atoms with Crippen molar-refractivity contribution < 1.29 is 15.5 Å². The Morgan fingerprint density at radius 2 is 2.21 bits per heavy atom. The molecule has 1 aromatic rings. The molecule has 0 aliphatic rings. The zero-order valence-corrected chi connectivity index (χ0v) is 7.74. The van der Waals surface area contributed by atoms with Gasteiger partial charge in [0.05, 0.1) is 0 Å². The molecule has 0 spiro atoms. The molecule has 1 rings (SSSR count). The summed E-state index contributed by atoms with van der Waals surface area (Å²) in [4.78, 5) is 0. The molecule has 76 valence electrons. The van der Waals surface area contributed by atoms with Gasteiger partial charge in [-0.1, -0.05) is 0 Å². The second-order valence-corrected chi connectivity index (χ2v) is 3.05. The Balaban J connectivity index is 3.00. The Bertz CT molecular complexity index is 350. The summed E-state index contributed by atoms with van der Waals surface area (Å²) in [5, 5.41) is 34.7. The number of nitrogens with one attached hydrogen (secondary N) is 2. The van der Waals surface area contributed by atoms with Gasteiger partial charge in [0.15, 0.2) is 0 Å². The number of aromatic hydroxyl groups is 1. The fraction of sp³-hybridized carbons (Fsp3) is 0.222. The lowest BCUT2D eigenvalue weighted by molar-refractivity contribution is -1.06. The van der Waals surface area contributed by atoms with Crippen LogP contribution in [0.2, 0.25) is 0 Å². The van der Waals surface area contributed by atoms with Gasteiger partial charge in [-0.05, 0) is 25.1 Å². The number of quaternary nitrogens is 1. The predicted molar refractivity (Wildman–Crippen MR) is 50.4 cm³/mol. The van der Waals surface area contributed by atoms with Crippen molar-refractivity contribution in [2.45, 2.75) is 13.5 Å². The molecule has 0 saturated heterocycles. The molecule has 0 heterocycles. The van der Waals surface area contributed by atoms with E-state index in [9.17, 15) is 10.3 Å². The minimum atomic E-state index is -0.927. The number of hydroxylamine groups is 2. The summed E-state index contributed by atoms with van der Waals surface area (Å²) in [5.41, 5.74) is 1.18. The largest absolute Gasteiger partial charge is 0.600 e. The van der Waals surface area contributed by atoms with Gasteiger partial charge in [-0.15, -0.1) is 0 Å². The van der Waals surface area contributed by atoms with E-state index in [0.29, 0.717) is 11.1 Å². The molecular weight excluding hydrogens is 184 g/mol. The standard InChI is InChI=1S/C9H12N2O3/c1-6(10)8-4-7(5-11(13)14)2-3-9(8)12/h2-4,10-13H,5H2,1H3. The minimum Gasteiger partial charge on any atom is -0.600 e. The molecule has 0 amide bonds. The highest BCUT2D eigenvalue weighted by Crippen LogP contribution is 2.18. The summed E-state index contributed by atoms with van der Waals surface area (Å²) in [6.45, 7) is 1.44. The van der Waals surface area contributed by atoms with Crippen LogP contribution in [0.3, 0.4) is 0 Å². The first-order valence-corrected chi connectivity index (χ1v) is 4.10. The monoisotopic (exact) mass is 196 g/mol. The summed E-state index contributed by atoms with van der Waals surface area (Å²) in [5.74, 6) is 0.00615. The van der Waals surface area contributed by atoms with E-state index in [1.807, 2.05) is 0 Å². The van der Waals surface area contributed by atoms with Crippen LogP contribution in [0.5, 0.6) is 5.75 Å². The van der Waals surface area contributed by atoms with Crippen LogP contribution in [0, 0.1) is 10.6 Å². The van der Waals surface area contributed by atoms with Gasteiger partial charge in [0.25, 0.3) is 0 Å². The number of hydrogen-bond acceptors (Lipinski definition) is 4. The molecule has 1 atom stereocenters. The molecule has 0 fully saturated rings. The van der Waals surface area contributed by atoms with Crippen molar-refractivity contribution in [2.75, 3.05) is 0 Å². The minimum absolute atomic E-state index is 0.00615. The average molecular weight is 196 g/mol. The fourth-order valence-corrected chi connectivity index (χ4v) is 1.17. The Labute approximate surface area is 81.3 Å². The summed E-state index contributed by atoms with van der Waals surface area (Å²) < 4.78 is 0. The lowest BCUT2D eigenvalue weighted by Crippen LogP contribution is -3.03. The molecule has 5 heteroatoms. The second-order valence-electron chi connectivity index (χ2n) is 3.05. The van der Waals surface area contributed by atoms with Crippen LogP contribution in [0.25, 0.3) is 0 Å². The lowest BCUT2D eigenvalue weighted by atomic mass is 10.1. The number of phenols is 1. The number of benzene rings is 1. The Hall–Kier alpha value is -1.43. The molecule has 0 radical (unpaired) electrons. The highest BCUT2D eigenvalue weighted by Gasteiger charge is 2.06. The van der Waals surface area contributed by atoms with Gasteiger partial charge in [-0.25, -0.2) is 10.4 Å². The molecule has 5 nitrogen and oxygen atoms in total. The molecule has 14 heavy (non-hydrogen) atoms. The van der Waals surface area contributed by atoms with E-state index >= 15 is 0 Å². The Kier molecular flexibility index (Phi) is 3.19. The first-order valence-electron chi connectivity index (χ1n) is 4.10. The molecule has 1 unspecified atom stereocenters. The summed E-state index contributed by atoms with van der Waals surface area (Å²) in [6, 6.07) is 4.47. The first kappa shape index (κ1) is 10.6. The Morgan fingerprint density at radius 3 is 2.71 bits per heavy atom. The third kappa shape index (κ3) is 2.53. The molecular formula is C9H12N2O3. The summed E-state index contributed by atoms with van der Waals surface area (Å²) >= 11 is 0. The van der Waals surface area contributed by atoms with Crippen molar-refractivity contribution in [1.29, 1.82) is 5.41 Å². The third-order valence-corrected chi connectivity index (χ3v) is 1.82. The quantitative estimate of drug-likeness (QED) is 0.406. The second kappa shape index (κ2) is 4.19. The lowest BCUT2D eigenvalue weighted by Gasteiger charge is -2.13. The average Bonchev–Trinajstić information content (AvgIpc) is 2.07. The van der Waals surface area contributed by atoms with Gasteiger partial charge in [0.2, 0.25) is 0 Å². The zero-order valence-electron chi connectivity index (χ0n) is 7.74. The number of phenolic OH excluding ortho intramolecular Hbond substituents is 1. The van der Waals surface area contributed by atoms with E-state index in [0.717, 1.165) is 0 Å². The highest BCUT2D eigenvalue weighted by molar-refractivity contribution is 5.98. The van der Waals surface area contributed by atoms with Gasteiger partial charge < -0.3 is 15.7 Å². The van der Waals surface area contributed by atoms with Crippen molar-refractivity contribution in [3.8, 4) is 5.75 Å². The molecule has 0 bridgehead atoms. The SMILES string of the molecule is CC(=N)c1cc(C[NH+]([O-])O)ccc1O. The smallest absolute Gasteiger partial charge is 0.132 e. The van der Waals surface area contributed by atoms with E-state index in [1.54, 1.807) is 6.92 Å². The van der Waals surface area contributed by atoms with Gasteiger partial charge in [0.1, 0.15) is 12.3 Å². The first-order chi connectivity index (χ1) is 6.50. The highest BCUT2D eigenvalue weighted by atomic mass is 16.8. The molecule has 1 aromatic carbocycles. The number of hydrogen-bond donors (Lipinski definition) is 4. The van der Waals surface area contributed by atoms with E-state index < -0.39 is 5.23 Å². The maximum Gasteiger partial charge on any atom is 0.132 e. The van der Waals surface area contributed by atoms with E-state index in [-0.39, 0.29) is 18.0 Å². The fourth-order valence-electron chi connectivity index (χ4n) is 1.17. The maximum absolute atomic E-state index is 10.4. The van der Waals surface area contributed by atoms with Gasteiger partial charge >= 0.3 is 0 Å². The molecule has 0 saturated carbocycles. The van der Waals surface area contributed by atoms with Crippen LogP contribution in [-0.2, 0) is 6.54 Å². The molecule has 0 aliphatic carbocycles. The normalized spacial score (nSPS) is 12.5. The van der Waals surface area contributed by atoms with E-state index in [4.69, 9.17) is 10.6 Å². The van der Waals surface area contributed by atoms with Gasteiger partial charge in [-0.3, -0.25) is 0 Å². The van der Waals surface area contributed by atoms with E-state index in [1.165, 1.54) is 18.2 Å². The summed E-state index contributed by atoms with van der Waals surface area (Å²) in [7, 11) is 0. The van der Waals surface area contributed by atoms with Crippen molar-refractivity contribution in [2.24, 2.45) is 0 Å². The van der Waals surface area contributed by atoms with E-state index in [2.05, 4.69) is 0 Å². The van der Waals surface area contributed by atoms with Crippen LogP contribution in [0.4, 0.5) is 0 Å². The molecule has 4 N–H and O–H groups in total. The van der Waals surface area contributed by atoms with Crippen LogP contribution >= 0.6 is 0 Å². The molecule has 0 aromatic heterocycles. The van der Waals surface area contributed by atoms with Crippen molar-refractivity contribution in [3.05, 3.63) is 34.5 Å². The van der Waals surface area contributed by atoms with Crippen molar-refractivity contribution in [3.63, 3.8) is 0 Å². The van der Waals surface area contributed by atoms with Gasteiger partial charge in [0, 0.05) is 16.8 Å². The van der Waals surface area contributed by atoms with Gasteiger partial charge in [-0.2, -0.15) is 0 Å². The van der Waals surface area contributed by atoms with Crippen LogP contribution in [0.15, 0.2) is 18.2 Å². The van der Waals surface area contributed by atoms with Crippen LogP contribution in [-0.4, -0.2) is 16.0 Å². The third-order valence-electron chi connectivity index (χ3n) is 1.82. The number of rotatable bonds is 3. The zero-order chi connectivity index (χ0) is 10.7. The van der Waals surface area contributed by atoms with Crippen molar-refractivity contribution in [1.82, 2.24) is 0 Å². The predicted octanol–water partition coefficient (Wildman–Crippen LogP) is 0.0519. The van der Waals surface area contributed by atoms with Crippen LogP contribution in [0.1, 0.15) is 18.1 Å². The van der Waals surface area contributed by atoms with Crippen LogP contribution < -0.4 is 5.23 Å². The Morgan fingerprint density at radius 1 is 1.57 bits per heavy atom. The molecule has 0 aliphatic heterocycles. The summed E-state index contributed by atoms with van der Waals surface area (Å²) in [6.07, 6.45) is 0. The van der Waals surface area contributed by atoms with Crippen molar-refractivity contribution >= 4 is 5.71 Å². The topological polar surface area (TPSA) is 91.8 Å².